The van der Waals surface area contributed by atoms with Crippen molar-refractivity contribution in [3.05, 3.63) is 17.8 Å². The number of hydrogen-bond acceptors (Lipinski definition) is 3. The Balaban J connectivity index is 2.15. The molecule has 1 aromatic heterocycles. The summed E-state index contributed by atoms with van der Waals surface area (Å²) in [5.74, 6) is 1.76. The molecule has 2 rings (SSSR count). The van der Waals surface area contributed by atoms with Crippen LogP contribution >= 0.6 is 0 Å². The molecule has 2 unspecified atom stereocenters. The van der Waals surface area contributed by atoms with Crippen molar-refractivity contribution in [1.82, 2.24) is 4.98 Å². The molecule has 0 bridgehead atoms. The highest BCUT2D eigenvalue weighted by atomic mass is 15.2. The van der Waals surface area contributed by atoms with E-state index in [0.29, 0.717) is 6.04 Å². The molecule has 1 aliphatic rings. The molecule has 0 spiro atoms. The van der Waals surface area contributed by atoms with Gasteiger partial charge in [-0.05, 0) is 37.3 Å². The Bertz CT molecular complexity index is 389. The predicted octanol–water partition coefficient (Wildman–Crippen LogP) is 2.99. The molecule has 1 aromatic rings. The van der Waals surface area contributed by atoms with Gasteiger partial charge in [0.1, 0.15) is 0 Å². The Kier molecular flexibility index (Phi) is 3.55. The van der Waals surface area contributed by atoms with Crippen LogP contribution in [0.5, 0.6) is 0 Å². The molecule has 1 heterocycles. The van der Waals surface area contributed by atoms with Crippen molar-refractivity contribution in [2.75, 3.05) is 17.7 Å². The number of hydrogen-bond donors (Lipinski definition) is 1. The van der Waals surface area contributed by atoms with Gasteiger partial charge in [0, 0.05) is 19.3 Å². The number of anilines is 2. The summed E-state index contributed by atoms with van der Waals surface area (Å²) in [6.07, 6.45) is 7.10. The molecule has 94 valence electrons. The molecular formula is C14H23N3. The minimum Gasteiger partial charge on any atom is -0.396 e. The van der Waals surface area contributed by atoms with Gasteiger partial charge in [-0.15, -0.1) is 0 Å². The van der Waals surface area contributed by atoms with Crippen molar-refractivity contribution in [2.24, 2.45) is 5.92 Å². The van der Waals surface area contributed by atoms with Gasteiger partial charge in [0.25, 0.3) is 0 Å². The summed E-state index contributed by atoms with van der Waals surface area (Å²) in [5, 5.41) is 0. The summed E-state index contributed by atoms with van der Waals surface area (Å²) < 4.78 is 0. The number of pyridine rings is 1. The van der Waals surface area contributed by atoms with E-state index in [1.54, 1.807) is 0 Å². The second-order valence-electron chi connectivity index (χ2n) is 5.46. The van der Waals surface area contributed by atoms with Crippen LogP contribution in [-0.4, -0.2) is 18.1 Å². The number of nitrogens with zero attached hydrogens (tertiary/aromatic N) is 2. The largest absolute Gasteiger partial charge is 0.396 e. The fourth-order valence-corrected chi connectivity index (χ4v) is 2.81. The molecule has 2 atom stereocenters. The third kappa shape index (κ3) is 2.71. The van der Waals surface area contributed by atoms with Crippen molar-refractivity contribution < 1.29 is 0 Å². The van der Waals surface area contributed by atoms with Gasteiger partial charge in [-0.25, -0.2) is 4.98 Å². The van der Waals surface area contributed by atoms with E-state index in [-0.39, 0.29) is 0 Å². The SMILES string of the molecule is Cc1cnc(N(C)C2CCCC(C)C2)c(N)c1. The number of nitrogen functional groups attached to an aromatic ring is 1. The summed E-state index contributed by atoms with van der Waals surface area (Å²) in [6.45, 7) is 4.36. The van der Waals surface area contributed by atoms with Crippen LogP contribution < -0.4 is 10.6 Å². The van der Waals surface area contributed by atoms with Gasteiger partial charge in [0.15, 0.2) is 5.82 Å². The van der Waals surface area contributed by atoms with E-state index in [9.17, 15) is 0 Å². The average Bonchev–Trinajstić information content (AvgIpc) is 2.28. The van der Waals surface area contributed by atoms with Gasteiger partial charge < -0.3 is 10.6 Å². The number of aromatic nitrogens is 1. The highest BCUT2D eigenvalue weighted by Gasteiger charge is 2.24. The lowest BCUT2D eigenvalue weighted by molar-refractivity contribution is 0.336. The van der Waals surface area contributed by atoms with Gasteiger partial charge in [-0.2, -0.15) is 0 Å². The van der Waals surface area contributed by atoms with Gasteiger partial charge in [0.2, 0.25) is 0 Å². The van der Waals surface area contributed by atoms with Crippen LogP contribution in [0, 0.1) is 12.8 Å². The molecule has 3 heteroatoms. The third-order valence-electron chi connectivity index (χ3n) is 3.82. The van der Waals surface area contributed by atoms with Gasteiger partial charge in [0.05, 0.1) is 5.69 Å². The van der Waals surface area contributed by atoms with Crippen molar-refractivity contribution >= 4 is 11.5 Å². The van der Waals surface area contributed by atoms with E-state index in [1.165, 1.54) is 25.7 Å². The molecule has 0 radical (unpaired) electrons. The lowest BCUT2D eigenvalue weighted by Crippen LogP contribution is -2.36. The van der Waals surface area contributed by atoms with E-state index in [0.717, 1.165) is 23.0 Å². The van der Waals surface area contributed by atoms with Crippen LogP contribution in [0.3, 0.4) is 0 Å². The summed E-state index contributed by atoms with van der Waals surface area (Å²) in [7, 11) is 2.12. The molecule has 0 saturated heterocycles. The molecule has 3 nitrogen and oxygen atoms in total. The average molecular weight is 233 g/mol. The molecule has 0 aromatic carbocycles. The summed E-state index contributed by atoms with van der Waals surface area (Å²) in [4.78, 5) is 6.75. The van der Waals surface area contributed by atoms with Crippen molar-refractivity contribution in [1.29, 1.82) is 0 Å². The van der Waals surface area contributed by atoms with Crippen molar-refractivity contribution in [3.63, 3.8) is 0 Å². The summed E-state index contributed by atoms with van der Waals surface area (Å²) >= 11 is 0. The first kappa shape index (κ1) is 12.2. The fraction of sp³-hybridized carbons (Fsp3) is 0.643. The van der Waals surface area contributed by atoms with Crippen LogP contribution in [0.4, 0.5) is 11.5 Å². The Morgan fingerprint density at radius 3 is 2.82 bits per heavy atom. The Hall–Kier alpha value is -1.25. The lowest BCUT2D eigenvalue weighted by Gasteiger charge is -2.35. The zero-order valence-electron chi connectivity index (χ0n) is 11.1. The second kappa shape index (κ2) is 4.94. The predicted molar refractivity (Wildman–Crippen MR) is 73.2 cm³/mol. The topological polar surface area (TPSA) is 42.2 Å². The smallest absolute Gasteiger partial charge is 0.151 e. The van der Waals surface area contributed by atoms with Gasteiger partial charge >= 0.3 is 0 Å². The van der Waals surface area contributed by atoms with Crippen LogP contribution in [0.2, 0.25) is 0 Å². The maximum absolute atomic E-state index is 6.06. The number of aryl methyl sites for hydroxylation is 1. The third-order valence-corrected chi connectivity index (χ3v) is 3.82. The molecule has 0 amide bonds. The molecular weight excluding hydrogens is 210 g/mol. The Morgan fingerprint density at radius 2 is 2.18 bits per heavy atom. The molecule has 17 heavy (non-hydrogen) atoms. The first-order valence-corrected chi connectivity index (χ1v) is 6.53. The monoisotopic (exact) mass is 233 g/mol. The number of rotatable bonds is 2. The Labute approximate surface area is 104 Å². The van der Waals surface area contributed by atoms with E-state index in [2.05, 4.69) is 23.9 Å². The molecule has 1 saturated carbocycles. The minimum atomic E-state index is 0.594. The van der Waals surface area contributed by atoms with Crippen molar-refractivity contribution in [3.8, 4) is 0 Å². The number of nitrogens with two attached hydrogens (primary N) is 1. The van der Waals surface area contributed by atoms with Gasteiger partial charge in [-0.3, -0.25) is 0 Å². The standard InChI is InChI=1S/C14H23N3/c1-10-5-4-6-12(7-10)17(3)14-13(15)8-11(2)9-16-14/h8-10,12H,4-7,15H2,1-3H3. The zero-order valence-corrected chi connectivity index (χ0v) is 11.1. The minimum absolute atomic E-state index is 0.594. The zero-order chi connectivity index (χ0) is 12.4. The van der Waals surface area contributed by atoms with Crippen LogP contribution in [0.15, 0.2) is 12.3 Å². The van der Waals surface area contributed by atoms with E-state index >= 15 is 0 Å². The van der Waals surface area contributed by atoms with Crippen molar-refractivity contribution in [2.45, 2.75) is 45.6 Å². The van der Waals surface area contributed by atoms with Crippen LogP contribution in [-0.2, 0) is 0 Å². The molecule has 0 aliphatic heterocycles. The van der Waals surface area contributed by atoms with E-state index in [4.69, 9.17) is 5.73 Å². The highest BCUT2D eigenvalue weighted by Crippen LogP contribution is 2.31. The van der Waals surface area contributed by atoms with E-state index in [1.807, 2.05) is 19.2 Å². The molecule has 2 N–H and O–H groups in total. The van der Waals surface area contributed by atoms with Crippen LogP contribution in [0.1, 0.15) is 38.2 Å². The summed E-state index contributed by atoms with van der Waals surface area (Å²) in [6, 6.07) is 2.60. The first-order chi connectivity index (χ1) is 8.08. The maximum Gasteiger partial charge on any atom is 0.151 e. The van der Waals surface area contributed by atoms with Crippen LogP contribution in [0.25, 0.3) is 0 Å². The fourth-order valence-electron chi connectivity index (χ4n) is 2.81. The highest BCUT2D eigenvalue weighted by molar-refractivity contribution is 5.63. The lowest BCUT2D eigenvalue weighted by atomic mass is 9.86. The molecule has 1 aliphatic carbocycles. The van der Waals surface area contributed by atoms with E-state index < -0.39 is 0 Å². The van der Waals surface area contributed by atoms with Gasteiger partial charge in [-0.1, -0.05) is 19.8 Å². The quantitative estimate of drug-likeness (QED) is 0.854. The first-order valence-electron chi connectivity index (χ1n) is 6.53. The normalized spacial score (nSPS) is 24.6. The molecule has 1 fully saturated rings. The Morgan fingerprint density at radius 1 is 1.41 bits per heavy atom. The second-order valence-corrected chi connectivity index (χ2v) is 5.46. The maximum atomic E-state index is 6.06. The summed E-state index contributed by atoms with van der Waals surface area (Å²) in [5.41, 5.74) is 7.98.